The number of nitrogens with zero attached hydrogens (tertiary/aromatic N) is 1. The highest BCUT2D eigenvalue weighted by molar-refractivity contribution is 5.81. The molecule has 0 aliphatic carbocycles. The van der Waals surface area contributed by atoms with Gasteiger partial charge in [-0.05, 0) is 25.0 Å². The number of carboxylic acids is 1. The standard InChI is InChI=1S/C14H19NO4/c1-2-10-5-6-12(19-10)11-4-3-9-15(11)13(16)7-8-14(17)18/h5-6,11H,2-4,7-9H2,1H3,(H,17,18). The molecular weight excluding hydrogens is 246 g/mol. The van der Waals surface area contributed by atoms with Crippen LogP contribution in [0.1, 0.15) is 50.2 Å². The van der Waals surface area contributed by atoms with Crippen LogP contribution in [-0.4, -0.2) is 28.4 Å². The zero-order chi connectivity index (χ0) is 13.8. The van der Waals surface area contributed by atoms with Crippen molar-refractivity contribution < 1.29 is 19.1 Å². The molecule has 5 heteroatoms. The fourth-order valence-corrected chi connectivity index (χ4v) is 2.48. The van der Waals surface area contributed by atoms with Crippen LogP contribution in [-0.2, 0) is 16.0 Å². The molecule has 0 radical (unpaired) electrons. The summed E-state index contributed by atoms with van der Waals surface area (Å²) < 4.78 is 5.71. The second-order valence-corrected chi connectivity index (χ2v) is 4.80. The third-order valence-electron chi connectivity index (χ3n) is 3.49. The second kappa shape index (κ2) is 5.91. The molecule has 19 heavy (non-hydrogen) atoms. The number of aryl methyl sites for hydroxylation is 1. The van der Waals surface area contributed by atoms with Crippen molar-refractivity contribution in [1.29, 1.82) is 0 Å². The van der Waals surface area contributed by atoms with Crippen molar-refractivity contribution in [1.82, 2.24) is 4.90 Å². The van der Waals surface area contributed by atoms with Crippen molar-refractivity contribution in [3.63, 3.8) is 0 Å². The monoisotopic (exact) mass is 265 g/mol. The number of carbonyl (C=O) groups excluding carboxylic acids is 1. The van der Waals surface area contributed by atoms with E-state index in [0.29, 0.717) is 6.54 Å². The van der Waals surface area contributed by atoms with Gasteiger partial charge >= 0.3 is 5.97 Å². The first-order valence-electron chi connectivity index (χ1n) is 6.71. The van der Waals surface area contributed by atoms with Crippen LogP contribution in [0.25, 0.3) is 0 Å². The molecule has 0 spiro atoms. The Balaban J connectivity index is 2.03. The number of hydrogen-bond acceptors (Lipinski definition) is 3. The number of carbonyl (C=O) groups is 2. The van der Waals surface area contributed by atoms with Crippen LogP contribution in [0, 0.1) is 0 Å². The van der Waals surface area contributed by atoms with Crippen LogP contribution in [0.3, 0.4) is 0 Å². The van der Waals surface area contributed by atoms with E-state index in [4.69, 9.17) is 9.52 Å². The smallest absolute Gasteiger partial charge is 0.303 e. The molecule has 2 rings (SSSR count). The molecule has 1 aliphatic heterocycles. The lowest BCUT2D eigenvalue weighted by atomic mass is 10.1. The molecule has 1 fully saturated rings. The molecule has 5 nitrogen and oxygen atoms in total. The van der Waals surface area contributed by atoms with Crippen molar-refractivity contribution in [2.45, 2.75) is 45.1 Å². The van der Waals surface area contributed by atoms with E-state index in [9.17, 15) is 9.59 Å². The molecule has 1 atom stereocenters. The minimum atomic E-state index is -0.935. The average molecular weight is 265 g/mol. The zero-order valence-electron chi connectivity index (χ0n) is 11.1. The van der Waals surface area contributed by atoms with E-state index in [1.807, 2.05) is 19.1 Å². The third kappa shape index (κ3) is 3.16. The van der Waals surface area contributed by atoms with E-state index in [1.165, 1.54) is 0 Å². The Morgan fingerprint density at radius 3 is 2.84 bits per heavy atom. The quantitative estimate of drug-likeness (QED) is 0.887. The van der Waals surface area contributed by atoms with Gasteiger partial charge in [-0.2, -0.15) is 0 Å². The lowest BCUT2D eigenvalue weighted by Gasteiger charge is -2.23. The average Bonchev–Trinajstić information content (AvgIpc) is 3.03. The Labute approximate surface area is 112 Å². The van der Waals surface area contributed by atoms with Gasteiger partial charge in [0.05, 0.1) is 12.5 Å². The molecule has 1 amide bonds. The summed E-state index contributed by atoms with van der Waals surface area (Å²) in [5.74, 6) is 0.701. The molecule has 1 unspecified atom stereocenters. The number of rotatable bonds is 5. The van der Waals surface area contributed by atoms with Gasteiger partial charge in [0.15, 0.2) is 0 Å². The maximum Gasteiger partial charge on any atom is 0.303 e. The third-order valence-corrected chi connectivity index (χ3v) is 3.49. The fourth-order valence-electron chi connectivity index (χ4n) is 2.48. The molecule has 1 aliphatic rings. The number of likely N-dealkylation sites (tertiary alicyclic amines) is 1. The van der Waals surface area contributed by atoms with E-state index in [-0.39, 0.29) is 24.8 Å². The SMILES string of the molecule is CCc1ccc(C2CCCN2C(=O)CCC(=O)O)o1. The largest absolute Gasteiger partial charge is 0.481 e. The van der Waals surface area contributed by atoms with Gasteiger partial charge in [-0.1, -0.05) is 6.92 Å². The topological polar surface area (TPSA) is 70.8 Å². The number of hydrogen-bond donors (Lipinski definition) is 1. The van der Waals surface area contributed by atoms with Gasteiger partial charge in [0, 0.05) is 19.4 Å². The molecule has 2 heterocycles. The lowest BCUT2D eigenvalue weighted by Crippen LogP contribution is -2.30. The molecule has 0 aromatic carbocycles. The van der Waals surface area contributed by atoms with Gasteiger partial charge in [-0.3, -0.25) is 9.59 Å². The Kier molecular flexibility index (Phi) is 4.24. The van der Waals surface area contributed by atoms with Crippen LogP contribution in [0.15, 0.2) is 16.5 Å². The highest BCUT2D eigenvalue weighted by Crippen LogP contribution is 2.33. The van der Waals surface area contributed by atoms with Crippen LogP contribution in [0.4, 0.5) is 0 Å². The van der Waals surface area contributed by atoms with E-state index in [0.717, 1.165) is 30.8 Å². The first kappa shape index (κ1) is 13.6. The van der Waals surface area contributed by atoms with Gasteiger partial charge in [0.25, 0.3) is 0 Å². The summed E-state index contributed by atoms with van der Waals surface area (Å²) in [4.78, 5) is 24.3. The van der Waals surface area contributed by atoms with Crippen molar-refractivity contribution >= 4 is 11.9 Å². The number of carboxylic acid groups (broad SMARTS) is 1. The molecule has 0 saturated carbocycles. The minimum absolute atomic E-state index is 0.0263. The molecule has 1 aromatic rings. The molecule has 1 aromatic heterocycles. The number of furan rings is 1. The molecule has 0 bridgehead atoms. The molecular formula is C14H19NO4. The highest BCUT2D eigenvalue weighted by atomic mass is 16.4. The van der Waals surface area contributed by atoms with Gasteiger partial charge in [-0.15, -0.1) is 0 Å². The van der Waals surface area contributed by atoms with E-state index in [2.05, 4.69) is 0 Å². The minimum Gasteiger partial charge on any atom is -0.481 e. The summed E-state index contributed by atoms with van der Waals surface area (Å²) in [5.41, 5.74) is 0. The summed E-state index contributed by atoms with van der Waals surface area (Å²) in [5, 5.41) is 8.63. The summed E-state index contributed by atoms with van der Waals surface area (Å²) in [6.07, 6.45) is 2.61. The van der Waals surface area contributed by atoms with Crippen molar-refractivity contribution in [2.75, 3.05) is 6.54 Å². The maximum atomic E-state index is 12.0. The van der Waals surface area contributed by atoms with Crippen molar-refractivity contribution in [3.8, 4) is 0 Å². The van der Waals surface area contributed by atoms with E-state index in [1.54, 1.807) is 4.90 Å². The van der Waals surface area contributed by atoms with Gasteiger partial charge in [0.1, 0.15) is 11.5 Å². The molecule has 1 N–H and O–H groups in total. The highest BCUT2D eigenvalue weighted by Gasteiger charge is 2.31. The number of aliphatic carboxylic acids is 1. The predicted octanol–water partition coefficient (Wildman–Crippen LogP) is 2.37. The molecule has 1 saturated heterocycles. The van der Waals surface area contributed by atoms with E-state index >= 15 is 0 Å². The first-order chi connectivity index (χ1) is 9.11. The predicted molar refractivity (Wildman–Crippen MR) is 68.6 cm³/mol. The Hall–Kier alpha value is -1.78. The fraction of sp³-hybridized carbons (Fsp3) is 0.571. The van der Waals surface area contributed by atoms with Gasteiger partial charge in [0.2, 0.25) is 5.91 Å². The van der Waals surface area contributed by atoms with E-state index < -0.39 is 5.97 Å². The maximum absolute atomic E-state index is 12.0. The summed E-state index contributed by atoms with van der Waals surface area (Å²) >= 11 is 0. The Bertz CT molecular complexity index is 466. The van der Waals surface area contributed by atoms with Crippen molar-refractivity contribution in [2.24, 2.45) is 0 Å². The summed E-state index contributed by atoms with van der Waals surface area (Å²) in [6, 6.07) is 3.83. The van der Waals surface area contributed by atoms with Crippen LogP contribution < -0.4 is 0 Å². The van der Waals surface area contributed by atoms with Gasteiger partial charge < -0.3 is 14.4 Å². The Morgan fingerprint density at radius 2 is 2.21 bits per heavy atom. The summed E-state index contributed by atoms with van der Waals surface area (Å²) in [7, 11) is 0. The number of amides is 1. The first-order valence-corrected chi connectivity index (χ1v) is 6.71. The summed E-state index contributed by atoms with van der Waals surface area (Å²) in [6.45, 7) is 2.71. The normalized spacial score (nSPS) is 18.8. The van der Waals surface area contributed by atoms with Crippen LogP contribution >= 0.6 is 0 Å². The van der Waals surface area contributed by atoms with Crippen LogP contribution in [0.5, 0.6) is 0 Å². The van der Waals surface area contributed by atoms with Gasteiger partial charge in [-0.25, -0.2) is 0 Å². The lowest BCUT2D eigenvalue weighted by molar-refractivity contribution is -0.141. The zero-order valence-corrected chi connectivity index (χ0v) is 11.1. The van der Waals surface area contributed by atoms with Crippen LogP contribution in [0.2, 0.25) is 0 Å². The second-order valence-electron chi connectivity index (χ2n) is 4.80. The molecule has 104 valence electrons. The van der Waals surface area contributed by atoms with Crippen molar-refractivity contribution in [3.05, 3.63) is 23.7 Å². The Morgan fingerprint density at radius 1 is 1.42 bits per heavy atom.